The van der Waals surface area contributed by atoms with Gasteiger partial charge in [-0.15, -0.1) is 0 Å². The molecule has 0 bridgehead atoms. The molecule has 2 heterocycles. The van der Waals surface area contributed by atoms with Crippen molar-refractivity contribution in [1.82, 2.24) is 19.5 Å². The predicted octanol–water partition coefficient (Wildman–Crippen LogP) is 0.714. The van der Waals surface area contributed by atoms with Gasteiger partial charge in [0.05, 0.1) is 5.69 Å². The number of hydrogen-bond acceptors (Lipinski definition) is 5. The van der Waals surface area contributed by atoms with Gasteiger partial charge in [-0.25, -0.2) is 9.97 Å². The molecule has 6 nitrogen and oxygen atoms in total. The summed E-state index contributed by atoms with van der Waals surface area (Å²) in [6, 6.07) is 3.78. The zero-order chi connectivity index (χ0) is 11.5. The molecule has 2 aromatic heterocycles. The Morgan fingerprint density at radius 2 is 1.88 bits per heavy atom. The maximum absolute atomic E-state index is 8.96. The molecule has 0 N–H and O–H groups in total. The third-order valence-electron chi connectivity index (χ3n) is 2.06. The van der Waals surface area contributed by atoms with E-state index in [9.17, 15) is 0 Å². The fourth-order valence-corrected chi connectivity index (χ4v) is 1.33. The predicted molar refractivity (Wildman–Crippen MR) is 53.3 cm³/mol. The molecule has 0 aromatic carbocycles. The van der Waals surface area contributed by atoms with Crippen LogP contribution in [0, 0.1) is 29.6 Å². The molecule has 0 saturated carbocycles. The van der Waals surface area contributed by atoms with Gasteiger partial charge in [0.15, 0.2) is 17.2 Å². The van der Waals surface area contributed by atoms with Gasteiger partial charge in [0.2, 0.25) is 0 Å². The van der Waals surface area contributed by atoms with Crippen molar-refractivity contribution in [3.8, 4) is 18.0 Å². The minimum absolute atomic E-state index is 0.0903. The van der Waals surface area contributed by atoms with Gasteiger partial charge < -0.3 is 0 Å². The third-order valence-corrected chi connectivity index (χ3v) is 2.06. The van der Waals surface area contributed by atoms with Crippen molar-refractivity contribution in [2.24, 2.45) is 0 Å². The summed E-state index contributed by atoms with van der Waals surface area (Å²) in [5.74, 6) is 0.507. The van der Waals surface area contributed by atoms with Crippen LogP contribution in [0.3, 0.4) is 0 Å². The van der Waals surface area contributed by atoms with Crippen molar-refractivity contribution < 1.29 is 0 Å². The highest BCUT2D eigenvalue weighted by Gasteiger charge is 2.13. The molecule has 0 spiro atoms. The molecule has 0 unspecified atom stereocenters. The van der Waals surface area contributed by atoms with Crippen LogP contribution in [0.25, 0.3) is 5.82 Å². The second kappa shape index (κ2) is 3.79. The first kappa shape index (κ1) is 9.81. The fourth-order valence-electron chi connectivity index (χ4n) is 1.33. The molecular formula is C10H6N6. The van der Waals surface area contributed by atoms with Gasteiger partial charge in [0, 0.05) is 12.4 Å². The second-order valence-electron chi connectivity index (χ2n) is 3.00. The highest BCUT2D eigenvalue weighted by atomic mass is 15.1. The lowest BCUT2D eigenvalue weighted by Gasteiger charge is -2.04. The van der Waals surface area contributed by atoms with Gasteiger partial charge >= 0.3 is 0 Å². The lowest BCUT2D eigenvalue weighted by molar-refractivity contribution is 0.929. The van der Waals surface area contributed by atoms with Gasteiger partial charge in [-0.05, 0) is 6.92 Å². The van der Waals surface area contributed by atoms with Crippen LogP contribution in [0.15, 0.2) is 18.7 Å². The third kappa shape index (κ3) is 1.39. The summed E-state index contributed by atoms with van der Waals surface area (Å²) < 4.78 is 1.46. The van der Waals surface area contributed by atoms with Crippen LogP contribution in [0.5, 0.6) is 0 Å². The summed E-state index contributed by atoms with van der Waals surface area (Å²) in [5, 5.41) is 17.7. The van der Waals surface area contributed by atoms with E-state index in [0.717, 1.165) is 0 Å². The first-order chi connectivity index (χ1) is 7.77. The molecule has 2 aromatic rings. The topological polar surface area (TPSA) is 91.2 Å². The zero-order valence-corrected chi connectivity index (χ0v) is 8.42. The molecule has 0 aliphatic carbocycles. The van der Waals surface area contributed by atoms with Crippen LogP contribution in [0.4, 0.5) is 0 Å². The smallest absolute Gasteiger partial charge is 0.177 e. The molecule has 0 fully saturated rings. The van der Waals surface area contributed by atoms with Crippen LogP contribution in [0.2, 0.25) is 0 Å². The van der Waals surface area contributed by atoms with Crippen LogP contribution in [-0.2, 0) is 0 Å². The molecule has 0 amide bonds. The van der Waals surface area contributed by atoms with E-state index in [0.29, 0.717) is 11.5 Å². The Bertz CT molecular complexity index is 613. The maximum Gasteiger partial charge on any atom is 0.177 e. The zero-order valence-electron chi connectivity index (χ0n) is 8.42. The van der Waals surface area contributed by atoms with Crippen molar-refractivity contribution in [3.05, 3.63) is 35.8 Å². The van der Waals surface area contributed by atoms with Gasteiger partial charge in [0.25, 0.3) is 0 Å². The van der Waals surface area contributed by atoms with Gasteiger partial charge in [-0.2, -0.15) is 10.5 Å². The van der Waals surface area contributed by atoms with Crippen LogP contribution in [0.1, 0.15) is 17.1 Å². The van der Waals surface area contributed by atoms with Crippen molar-refractivity contribution in [2.75, 3.05) is 0 Å². The van der Waals surface area contributed by atoms with E-state index in [1.54, 1.807) is 13.1 Å². The first-order valence-corrected chi connectivity index (χ1v) is 4.43. The lowest BCUT2D eigenvalue weighted by atomic mass is 10.3. The van der Waals surface area contributed by atoms with E-state index in [4.69, 9.17) is 10.5 Å². The summed E-state index contributed by atoms with van der Waals surface area (Å²) >= 11 is 0. The number of imidazole rings is 1. The maximum atomic E-state index is 8.96. The molecule has 0 atom stereocenters. The highest BCUT2D eigenvalue weighted by Crippen LogP contribution is 2.13. The lowest BCUT2D eigenvalue weighted by Crippen LogP contribution is -2.03. The minimum atomic E-state index is 0.0903. The number of aromatic nitrogens is 4. The largest absolute Gasteiger partial charge is 0.271 e. The molecule has 6 heteroatoms. The first-order valence-electron chi connectivity index (χ1n) is 4.43. The Hall–Kier alpha value is -2.73. The SMILES string of the molecule is Cc1nccnc1-n1cnc(C#N)c1C#N. The van der Waals surface area contributed by atoms with E-state index in [-0.39, 0.29) is 11.4 Å². The van der Waals surface area contributed by atoms with E-state index < -0.39 is 0 Å². The Labute approximate surface area is 91.4 Å². The summed E-state index contributed by atoms with van der Waals surface area (Å²) in [6.45, 7) is 1.77. The highest BCUT2D eigenvalue weighted by molar-refractivity contribution is 5.42. The summed E-state index contributed by atoms with van der Waals surface area (Å²) in [4.78, 5) is 12.0. The van der Waals surface area contributed by atoms with Crippen molar-refractivity contribution >= 4 is 0 Å². The Morgan fingerprint density at radius 1 is 1.12 bits per heavy atom. The Balaban J connectivity index is 2.68. The Morgan fingerprint density at radius 3 is 2.50 bits per heavy atom. The van der Waals surface area contributed by atoms with E-state index in [1.165, 1.54) is 17.1 Å². The molecule has 0 aliphatic rings. The van der Waals surface area contributed by atoms with Crippen LogP contribution in [-0.4, -0.2) is 19.5 Å². The average Bonchev–Trinajstić information content (AvgIpc) is 2.72. The molecule has 0 aliphatic heterocycles. The van der Waals surface area contributed by atoms with Crippen LogP contribution < -0.4 is 0 Å². The normalized spacial score (nSPS) is 9.44. The van der Waals surface area contributed by atoms with Gasteiger partial charge in [-0.3, -0.25) is 9.55 Å². The molecule has 0 radical (unpaired) electrons. The number of nitrogens with zero attached hydrogens (tertiary/aromatic N) is 6. The summed E-state index contributed by atoms with van der Waals surface area (Å²) in [6.07, 6.45) is 4.48. The van der Waals surface area contributed by atoms with E-state index in [1.807, 2.05) is 12.1 Å². The van der Waals surface area contributed by atoms with Gasteiger partial charge in [-0.1, -0.05) is 0 Å². The molecule has 0 saturated heterocycles. The molecule has 16 heavy (non-hydrogen) atoms. The monoisotopic (exact) mass is 210 g/mol. The summed E-state index contributed by atoms with van der Waals surface area (Å²) in [5.41, 5.74) is 0.930. The number of hydrogen-bond donors (Lipinski definition) is 0. The van der Waals surface area contributed by atoms with Crippen molar-refractivity contribution in [1.29, 1.82) is 10.5 Å². The molecular weight excluding hydrogens is 204 g/mol. The van der Waals surface area contributed by atoms with Crippen molar-refractivity contribution in [2.45, 2.75) is 6.92 Å². The summed E-state index contributed by atoms with van der Waals surface area (Å²) in [7, 11) is 0. The quantitative estimate of drug-likeness (QED) is 0.691. The van der Waals surface area contributed by atoms with Crippen LogP contribution >= 0.6 is 0 Å². The molecule has 2 rings (SSSR count). The number of aryl methyl sites for hydroxylation is 1. The average molecular weight is 210 g/mol. The Kier molecular flexibility index (Phi) is 2.33. The minimum Gasteiger partial charge on any atom is -0.271 e. The number of nitriles is 2. The second-order valence-corrected chi connectivity index (χ2v) is 3.00. The van der Waals surface area contributed by atoms with E-state index in [2.05, 4.69) is 15.0 Å². The fraction of sp³-hybridized carbons (Fsp3) is 0.100. The van der Waals surface area contributed by atoms with E-state index >= 15 is 0 Å². The standard InChI is InChI=1S/C10H6N6/c1-7-10(14-3-2-13-7)16-6-15-8(4-11)9(16)5-12/h2-3,6H,1H3. The number of rotatable bonds is 1. The van der Waals surface area contributed by atoms with Crippen molar-refractivity contribution in [3.63, 3.8) is 0 Å². The molecule has 76 valence electrons. The van der Waals surface area contributed by atoms with Gasteiger partial charge in [0.1, 0.15) is 18.5 Å².